The first kappa shape index (κ1) is 17.1. The van der Waals surface area contributed by atoms with Crippen molar-refractivity contribution in [1.82, 2.24) is 19.5 Å². The van der Waals surface area contributed by atoms with Gasteiger partial charge in [-0.25, -0.2) is 13.4 Å². The molecule has 0 bridgehead atoms. The molecule has 130 valence electrons. The SMILES string of the molecule is CC(C)Cc1ccc(S(=O)(=O)N2CCC[C@H](c3ncn[nH]3)C2)cc1. The molecule has 1 aliphatic rings. The summed E-state index contributed by atoms with van der Waals surface area (Å²) < 4.78 is 27.4. The van der Waals surface area contributed by atoms with Gasteiger partial charge in [-0.2, -0.15) is 9.40 Å². The Morgan fingerprint density at radius 3 is 2.67 bits per heavy atom. The van der Waals surface area contributed by atoms with Crippen molar-refractivity contribution in [3.8, 4) is 0 Å². The van der Waals surface area contributed by atoms with Crippen molar-refractivity contribution >= 4 is 10.0 Å². The molecule has 3 rings (SSSR count). The molecule has 2 heterocycles. The third-order valence-corrected chi connectivity index (χ3v) is 6.29. The molecule has 1 N–H and O–H groups in total. The van der Waals surface area contributed by atoms with Crippen molar-refractivity contribution in [3.05, 3.63) is 42.0 Å². The molecule has 0 unspecified atom stereocenters. The fraction of sp³-hybridized carbons (Fsp3) is 0.529. The lowest BCUT2D eigenvalue weighted by Gasteiger charge is -2.30. The van der Waals surface area contributed by atoms with Crippen LogP contribution in [0.3, 0.4) is 0 Å². The van der Waals surface area contributed by atoms with E-state index in [2.05, 4.69) is 29.0 Å². The minimum atomic E-state index is -3.46. The largest absolute Gasteiger partial charge is 0.263 e. The highest BCUT2D eigenvalue weighted by atomic mass is 32.2. The number of benzene rings is 1. The number of piperidine rings is 1. The molecule has 1 aromatic heterocycles. The van der Waals surface area contributed by atoms with Crippen LogP contribution in [0.2, 0.25) is 0 Å². The molecule has 6 nitrogen and oxygen atoms in total. The second kappa shape index (κ2) is 7.03. The molecule has 24 heavy (non-hydrogen) atoms. The fourth-order valence-corrected chi connectivity index (χ4v) is 4.74. The Bertz CT molecular complexity index is 754. The van der Waals surface area contributed by atoms with Crippen LogP contribution in [0.1, 0.15) is 44.0 Å². The van der Waals surface area contributed by atoms with Crippen molar-refractivity contribution in [2.24, 2.45) is 5.92 Å². The van der Waals surface area contributed by atoms with E-state index in [1.54, 1.807) is 16.4 Å². The van der Waals surface area contributed by atoms with E-state index in [-0.39, 0.29) is 5.92 Å². The summed E-state index contributed by atoms with van der Waals surface area (Å²) in [4.78, 5) is 4.55. The van der Waals surface area contributed by atoms with Gasteiger partial charge in [0.15, 0.2) is 0 Å². The van der Waals surface area contributed by atoms with Gasteiger partial charge in [-0.15, -0.1) is 0 Å². The molecule has 0 radical (unpaired) electrons. The summed E-state index contributed by atoms with van der Waals surface area (Å²) >= 11 is 0. The van der Waals surface area contributed by atoms with Crippen LogP contribution in [-0.4, -0.2) is 41.0 Å². The number of hydrogen-bond acceptors (Lipinski definition) is 4. The Labute approximate surface area is 143 Å². The molecule has 2 aromatic rings. The summed E-state index contributed by atoms with van der Waals surface area (Å²) in [5, 5.41) is 6.73. The van der Waals surface area contributed by atoms with Gasteiger partial charge in [-0.3, -0.25) is 5.10 Å². The molecular formula is C17H24N4O2S. The number of H-pyrrole nitrogens is 1. The lowest BCUT2D eigenvalue weighted by molar-refractivity contribution is 0.309. The minimum Gasteiger partial charge on any atom is -0.263 e. The van der Waals surface area contributed by atoms with Gasteiger partial charge in [-0.1, -0.05) is 26.0 Å². The highest BCUT2D eigenvalue weighted by molar-refractivity contribution is 7.89. The molecule has 0 spiro atoms. The predicted molar refractivity (Wildman–Crippen MR) is 92.1 cm³/mol. The van der Waals surface area contributed by atoms with E-state index in [0.29, 0.717) is 23.9 Å². The molecule has 1 aliphatic heterocycles. The van der Waals surface area contributed by atoms with Gasteiger partial charge < -0.3 is 0 Å². The topological polar surface area (TPSA) is 79.0 Å². The molecule has 0 amide bonds. The molecule has 0 saturated carbocycles. The molecule has 1 aromatic carbocycles. The Hall–Kier alpha value is -1.73. The van der Waals surface area contributed by atoms with Crippen LogP contribution < -0.4 is 0 Å². The molecule has 0 aliphatic carbocycles. The maximum atomic E-state index is 12.9. The van der Waals surface area contributed by atoms with Crippen LogP contribution in [0.5, 0.6) is 0 Å². The van der Waals surface area contributed by atoms with Crippen LogP contribution in [0.4, 0.5) is 0 Å². The van der Waals surface area contributed by atoms with Crippen molar-refractivity contribution in [1.29, 1.82) is 0 Å². The Morgan fingerprint density at radius 2 is 2.04 bits per heavy atom. The van der Waals surface area contributed by atoms with E-state index in [0.717, 1.165) is 25.1 Å². The quantitative estimate of drug-likeness (QED) is 0.901. The van der Waals surface area contributed by atoms with Crippen LogP contribution >= 0.6 is 0 Å². The van der Waals surface area contributed by atoms with Crippen molar-refractivity contribution in [2.75, 3.05) is 13.1 Å². The highest BCUT2D eigenvalue weighted by Crippen LogP contribution is 2.28. The standard InChI is InChI=1S/C17H24N4O2S/c1-13(2)10-14-5-7-16(8-6-14)24(22,23)21-9-3-4-15(11-21)17-18-12-19-20-17/h5-8,12-13,15H,3-4,9-11H2,1-2H3,(H,18,19,20)/t15-/m0/s1. The lowest BCUT2D eigenvalue weighted by atomic mass is 9.99. The van der Waals surface area contributed by atoms with Crippen molar-refractivity contribution < 1.29 is 8.42 Å². The molecule has 7 heteroatoms. The van der Waals surface area contributed by atoms with Crippen LogP contribution in [0.25, 0.3) is 0 Å². The van der Waals surface area contributed by atoms with Gasteiger partial charge in [0.2, 0.25) is 10.0 Å². The first-order valence-corrected chi connectivity index (χ1v) is 9.85. The smallest absolute Gasteiger partial charge is 0.243 e. The Balaban J connectivity index is 1.77. The van der Waals surface area contributed by atoms with E-state index in [4.69, 9.17) is 0 Å². The normalized spacial score (nSPS) is 19.7. The predicted octanol–water partition coefficient (Wildman–Crippen LogP) is 2.57. The number of sulfonamides is 1. The second-order valence-corrected chi connectivity index (χ2v) is 8.75. The number of hydrogen-bond donors (Lipinski definition) is 1. The average Bonchev–Trinajstić information content (AvgIpc) is 3.09. The minimum absolute atomic E-state index is 0.0799. The summed E-state index contributed by atoms with van der Waals surface area (Å²) in [7, 11) is -3.46. The van der Waals surface area contributed by atoms with Crippen molar-refractivity contribution in [3.63, 3.8) is 0 Å². The fourth-order valence-electron chi connectivity index (χ4n) is 3.21. The van der Waals surface area contributed by atoms with Crippen molar-refractivity contribution in [2.45, 2.75) is 43.9 Å². The van der Waals surface area contributed by atoms with E-state index in [1.807, 2.05) is 12.1 Å². The zero-order valence-electron chi connectivity index (χ0n) is 14.1. The van der Waals surface area contributed by atoms with Gasteiger partial charge in [0.05, 0.1) is 4.90 Å². The zero-order chi connectivity index (χ0) is 17.2. The third kappa shape index (κ3) is 3.67. The Kier molecular flexibility index (Phi) is 5.01. The number of rotatable bonds is 5. The average molecular weight is 348 g/mol. The second-order valence-electron chi connectivity index (χ2n) is 6.81. The summed E-state index contributed by atoms with van der Waals surface area (Å²) in [5.41, 5.74) is 1.17. The van der Waals surface area contributed by atoms with Crippen LogP contribution in [0, 0.1) is 5.92 Å². The van der Waals surface area contributed by atoms with E-state index in [9.17, 15) is 8.42 Å². The number of aromatic nitrogens is 3. The zero-order valence-corrected chi connectivity index (χ0v) is 15.0. The molecule has 1 saturated heterocycles. The summed E-state index contributed by atoms with van der Waals surface area (Å²) in [5.74, 6) is 1.40. The molecular weight excluding hydrogens is 324 g/mol. The summed E-state index contributed by atoms with van der Waals surface area (Å²) in [6.45, 7) is 5.32. The van der Waals surface area contributed by atoms with Gasteiger partial charge in [0.1, 0.15) is 12.2 Å². The monoisotopic (exact) mass is 348 g/mol. The third-order valence-electron chi connectivity index (χ3n) is 4.41. The summed E-state index contributed by atoms with van der Waals surface area (Å²) in [6.07, 6.45) is 4.18. The highest BCUT2D eigenvalue weighted by Gasteiger charge is 2.31. The first-order chi connectivity index (χ1) is 11.5. The first-order valence-electron chi connectivity index (χ1n) is 8.41. The number of nitrogens with zero attached hydrogens (tertiary/aromatic N) is 3. The van der Waals surface area contributed by atoms with E-state index < -0.39 is 10.0 Å². The molecule has 1 atom stereocenters. The van der Waals surface area contributed by atoms with Gasteiger partial charge in [-0.05, 0) is 42.9 Å². The molecule has 1 fully saturated rings. The lowest BCUT2D eigenvalue weighted by Crippen LogP contribution is -2.39. The van der Waals surface area contributed by atoms with Crippen LogP contribution in [0.15, 0.2) is 35.5 Å². The Morgan fingerprint density at radius 1 is 1.29 bits per heavy atom. The van der Waals surface area contributed by atoms with Gasteiger partial charge in [0.25, 0.3) is 0 Å². The maximum absolute atomic E-state index is 12.9. The van der Waals surface area contributed by atoms with Gasteiger partial charge >= 0.3 is 0 Å². The summed E-state index contributed by atoms with van der Waals surface area (Å²) in [6, 6.07) is 7.30. The maximum Gasteiger partial charge on any atom is 0.243 e. The van der Waals surface area contributed by atoms with E-state index >= 15 is 0 Å². The van der Waals surface area contributed by atoms with E-state index in [1.165, 1.54) is 11.9 Å². The number of aromatic amines is 1. The van der Waals surface area contributed by atoms with Gasteiger partial charge in [0, 0.05) is 19.0 Å². The number of nitrogens with one attached hydrogen (secondary N) is 1. The van der Waals surface area contributed by atoms with Crippen LogP contribution in [-0.2, 0) is 16.4 Å².